The van der Waals surface area contributed by atoms with Gasteiger partial charge in [0.15, 0.2) is 5.96 Å². The van der Waals surface area contributed by atoms with Crippen LogP contribution in [0.1, 0.15) is 32.6 Å². The number of pyridine rings is 1. The van der Waals surface area contributed by atoms with E-state index in [1.54, 1.807) is 12.4 Å². The van der Waals surface area contributed by atoms with Crippen molar-refractivity contribution in [3.8, 4) is 5.75 Å². The normalized spacial score (nSPS) is 21.2. The molecule has 1 aromatic heterocycles. The Balaban J connectivity index is 0.00000264. The van der Waals surface area contributed by atoms with Crippen molar-refractivity contribution in [1.82, 2.24) is 15.6 Å². The number of ether oxygens (including phenoxy) is 1. The maximum absolute atomic E-state index is 9.55. The highest BCUT2D eigenvalue weighted by Crippen LogP contribution is 2.18. The lowest BCUT2D eigenvalue weighted by molar-refractivity contribution is 0.120. The molecule has 0 radical (unpaired) electrons. The van der Waals surface area contributed by atoms with E-state index >= 15 is 0 Å². The highest BCUT2D eigenvalue weighted by Gasteiger charge is 2.19. The fraction of sp³-hybridized carbons (Fsp3) is 0.625. The predicted molar refractivity (Wildman–Crippen MR) is 103 cm³/mol. The van der Waals surface area contributed by atoms with E-state index in [2.05, 4.69) is 20.6 Å². The molecule has 0 unspecified atom stereocenters. The predicted octanol–water partition coefficient (Wildman–Crippen LogP) is 1.94. The van der Waals surface area contributed by atoms with Crippen molar-refractivity contribution >= 4 is 29.9 Å². The summed E-state index contributed by atoms with van der Waals surface area (Å²) in [6.07, 6.45) is 6.98. The minimum atomic E-state index is -0.134. The highest BCUT2D eigenvalue weighted by molar-refractivity contribution is 14.0. The lowest BCUT2D eigenvalue weighted by Crippen LogP contribution is -2.45. The second-order valence-corrected chi connectivity index (χ2v) is 5.45. The molecule has 1 heterocycles. The van der Waals surface area contributed by atoms with Crippen LogP contribution in [0.4, 0.5) is 0 Å². The summed E-state index contributed by atoms with van der Waals surface area (Å²) in [5.74, 6) is 1.58. The van der Waals surface area contributed by atoms with Crippen LogP contribution in [0.3, 0.4) is 0 Å². The molecule has 0 bridgehead atoms. The zero-order valence-corrected chi connectivity index (χ0v) is 15.9. The summed E-state index contributed by atoms with van der Waals surface area (Å²) in [5.41, 5.74) is 0. The third kappa shape index (κ3) is 7.83. The summed E-state index contributed by atoms with van der Waals surface area (Å²) < 4.78 is 5.58. The molecule has 0 amide bonds. The molecule has 1 saturated carbocycles. The monoisotopic (exact) mass is 434 g/mol. The van der Waals surface area contributed by atoms with Gasteiger partial charge >= 0.3 is 0 Å². The number of guanidine groups is 1. The molecule has 1 aliphatic carbocycles. The van der Waals surface area contributed by atoms with Gasteiger partial charge in [-0.25, -0.2) is 4.99 Å². The SMILES string of the molecule is CCNC(=NCCOc1cccnc1)NC1CCC(O)CC1.I. The Hall–Kier alpha value is -1.09. The first-order valence-electron chi connectivity index (χ1n) is 8.03. The Morgan fingerprint density at radius 1 is 1.39 bits per heavy atom. The zero-order chi connectivity index (χ0) is 15.6. The zero-order valence-electron chi connectivity index (χ0n) is 13.6. The van der Waals surface area contributed by atoms with E-state index < -0.39 is 0 Å². The maximum Gasteiger partial charge on any atom is 0.191 e. The van der Waals surface area contributed by atoms with Crippen molar-refractivity contribution in [3.63, 3.8) is 0 Å². The van der Waals surface area contributed by atoms with E-state index in [4.69, 9.17) is 4.74 Å². The van der Waals surface area contributed by atoms with Gasteiger partial charge in [-0.15, -0.1) is 24.0 Å². The summed E-state index contributed by atoms with van der Waals surface area (Å²) in [7, 11) is 0. The Morgan fingerprint density at radius 3 is 2.83 bits per heavy atom. The molecule has 0 atom stereocenters. The van der Waals surface area contributed by atoms with Crippen LogP contribution in [0.15, 0.2) is 29.5 Å². The third-order valence-corrected chi connectivity index (χ3v) is 3.65. The third-order valence-electron chi connectivity index (χ3n) is 3.65. The van der Waals surface area contributed by atoms with E-state index in [0.29, 0.717) is 19.2 Å². The first-order valence-corrected chi connectivity index (χ1v) is 8.03. The summed E-state index contributed by atoms with van der Waals surface area (Å²) in [6, 6.07) is 4.12. The smallest absolute Gasteiger partial charge is 0.191 e. The van der Waals surface area contributed by atoms with Crippen molar-refractivity contribution in [1.29, 1.82) is 0 Å². The van der Waals surface area contributed by atoms with Crippen LogP contribution in [0.25, 0.3) is 0 Å². The topological polar surface area (TPSA) is 78.8 Å². The number of aliphatic imine (C=N–C) groups is 1. The lowest BCUT2D eigenvalue weighted by atomic mass is 9.93. The number of aliphatic hydroxyl groups excluding tert-OH is 1. The van der Waals surface area contributed by atoms with Crippen LogP contribution in [-0.4, -0.2) is 47.9 Å². The van der Waals surface area contributed by atoms with Gasteiger partial charge < -0.3 is 20.5 Å². The van der Waals surface area contributed by atoms with Crippen LogP contribution in [0, 0.1) is 0 Å². The van der Waals surface area contributed by atoms with Crippen molar-refractivity contribution in [2.45, 2.75) is 44.8 Å². The summed E-state index contributed by atoms with van der Waals surface area (Å²) >= 11 is 0. The molecule has 0 aromatic carbocycles. The Morgan fingerprint density at radius 2 is 2.17 bits per heavy atom. The van der Waals surface area contributed by atoms with Crippen LogP contribution in [0.5, 0.6) is 5.75 Å². The van der Waals surface area contributed by atoms with Gasteiger partial charge in [0, 0.05) is 18.8 Å². The van der Waals surface area contributed by atoms with E-state index in [1.165, 1.54) is 0 Å². The summed E-state index contributed by atoms with van der Waals surface area (Å²) in [5, 5.41) is 16.2. The minimum absolute atomic E-state index is 0. The van der Waals surface area contributed by atoms with Gasteiger partial charge in [-0.1, -0.05) is 0 Å². The molecule has 3 N–H and O–H groups in total. The Kier molecular flexibility index (Phi) is 9.93. The molecule has 130 valence electrons. The molecule has 7 heteroatoms. The molecule has 0 spiro atoms. The van der Waals surface area contributed by atoms with Crippen LogP contribution >= 0.6 is 24.0 Å². The van der Waals surface area contributed by atoms with Gasteiger partial charge in [-0.3, -0.25) is 4.98 Å². The van der Waals surface area contributed by atoms with Gasteiger partial charge in [0.25, 0.3) is 0 Å². The number of aromatic nitrogens is 1. The number of aliphatic hydroxyl groups is 1. The van der Waals surface area contributed by atoms with E-state index in [-0.39, 0.29) is 30.1 Å². The fourth-order valence-corrected chi connectivity index (χ4v) is 2.49. The van der Waals surface area contributed by atoms with Crippen molar-refractivity contribution < 1.29 is 9.84 Å². The second kappa shape index (κ2) is 11.4. The molecule has 1 fully saturated rings. The fourth-order valence-electron chi connectivity index (χ4n) is 2.49. The molecular formula is C16H27IN4O2. The number of nitrogens with zero attached hydrogens (tertiary/aromatic N) is 2. The number of halogens is 1. The van der Waals surface area contributed by atoms with Gasteiger partial charge in [0.1, 0.15) is 12.4 Å². The summed E-state index contributed by atoms with van der Waals surface area (Å²) in [4.78, 5) is 8.53. The molecule has 2 rings (SSSR count). The standard InChI is InChI=1S/C16H26N4O2.HI/c1-2-18-16(20-13-5-7-14(21)8-6-13)19-10-11-22-15-4-3-9-17-12-15;/h3-4,9,12-14,21H,2,5-8,10-11H2,1H3,(H2,18,19,20);1H. The average molecular weight is 434 g/mol. The number of hydrogen-bond acceptors (Lipinski definition) is 4. The summed E-state index contributed by atoms with van der Waals surface area (Å²) in [6.45, 7) is 3.98. The highest BCUT2D eigenvalue weighted by atomic mass is 127. The van der Waals surface area contributed by atoms with E-state index in [9.17, 15) is 5.11 Å². The lowest BCUT2D eigenvalue weighted by Gasteiger charge is -2.27. The molecule has 0 aliphatic heterocycles. The van der Waals surface area contributed by atoms with E-state index in [0.717, 1.165) is 43.9 Å². The van der Waals surface area contributed by atoms with Crippen LogP contribution in [-0.2, 0) is 0 Å². The Labute approximate surface area is 155 Å². The molecule has 1 aliphatic rings. The van der Waals surface area contributed by atoms with Gasteiger partial charge in [-0.2, -0.15) is 0 Å². The van der Waals surface area contributed by atoms with Gasteiger partial charge in [0.2, 0.25) is 0 Å². The number of hydrogen-bond donors (Lipinski definition) is 3. The van der Waals surface area contributed by atoms with Crippen molar-refractivity contribution in [2.75, 3.05) is 19.7 Å². The largest absolute Gasteiger partial charge is 0.490 e. The quantitative estimate of drug-likeness (QED) is 0.276. The maximum atomic E-state index is 9.55. The van der Waals surface area contributed by atoms with Crippen molar-refractivity contribution in [3.05, 3.63) is 24.5 Å². The van der Waals surface area contributed by atoms with Crippen molar-refractivity contribution in [2.24, 2.45) is 4.99 Å². The first kappa shape index (κ1) is 20.0. The molecular weight excluding hydrogens is 407 g/mol. The number of rotatable bonds is 6. The molecule has 0 saturated heterocycles. The van der Waals surface area contributed by atoms with Gasteiger partial charge in [-0.05, 0) is 44.7 Å². The minimum Gasteiger partial charge on any atom is -0.490 e. The van der Waals surface area contributed by atoms with Crippen LogP contribution in [0.2, 0.25) is 0 Å². The first-order chi connectivity index (χ1) is 10.8. The molecule has 1 aromatic rings. The molecule has 23 heavy (non-hydrogen) atoms. The second-order valence-electron chi connectivity index (χ2n) is 5.45. The Bertz CT molecular complexity index is 451. The van der Waals surface area contributed by atoms with Crippen LogP contribution < -0.4 is 15.4 Å². The molecule has 6 nitrogen and oxygen atoms in total. The average Bonchev–Trinajstić information content (AvgIpc) is 2.55. The number of nitrogens with one attached hydrogen (secondary N) is 2. The van der Waals surface area contributed by atoms with E-state index in [1.807, 2.05) is 19.1 Å². The van der Waals surface area contributed by atoms with Gasteiger partial charge in [0.05, 0.1) is 18.8 Å².